The highest BCUT2D eigenvalue weighted by molar-refractivity contribution is 5.23. The van der Waals surface area contributed by atoms with E-state index in [0.717, 1.165) is 12.8 Å². The molecule has 0 radical (unpaired) electrons. The summed E-state index contributed by atoms with van der Waals surface area (Å²) < 4.78 is 0. The first kappa shape index (κ1) is 10.2. The first-order valence-electron chi connectivity index (χ1n) is 3.94. The van der Waals surface area contributed by atoms with E-state index in [4.69, 9.17) is 0 Å². The SMILES string of the molecule is C.CCc1cccc(CC)c1. The molecule has 1 aromatic rings. The zero-order valence-corrected chi connectivity index (χ0v) is 6.72. The molecule has 0 amide bonds. The van der Waals surface area contributed by atoms with Crippen LogP contribution in [0, 0.1) is 0 Å². The van der Waals surface area contributed by atoms with Crippen molar-refractivity contribution in [2.75, 3.05) is 0 Å². The summed E-state index contributed by atoms with van der Waals surface area (Å²) in [4.78, 5) is 0. The third-order valence-electron chi connectivity index (χ3n) is 1.81. The van der Waals surface area contributed by atoms with Gasteiger partial charge in [-0.15, -0.1) is 0 Å². The molecule has 0 atom stereocenters. The van der Waals surface area contributed by atoms with Gasteiger partial charge >= 0.3 is 0 Å². The Hall–Kier alpha value is -0.780. The first-order valence-corrected chi connectivity index (χ1v) is 3.94. The highest BCUT2D eigenvalue weighted by atomic mass is 13.9. The fourth-order valence-electron chi connectivity index (χ4n) is 1.07. The smallest absolute Gasteiger partial charge is 0.0307 e. The van der Waals surface area contributed by atoms with Crippen LogP contribution >= 0.6 is 0 Å². The molecule has 11 heavy (non-hydrogen) atoms. The Morgan fingerprint density at radius 2 is 1.45 bits per heavy atom. The van der Waals surface area contributed by atoms with Crippen molar-refractivity contribution in [1.29, 1.82) is 0 Å². The lowest BCUT2D eigenvalue weighted by Crippen LogP contribution is -1.83. The lowest BCUT2D eigenvalue weighted by molar-refractivity contribution is 1.09. The van der Waals surface area contributed by atoms with Crippen molar-refractivity contribution < 1.29 is 0 Å². The van der Waals surface area contributed by atoms with Gasteiger partial charge < -0.3 is 0 Å². The molecule has 0 fully saturated rings. The third kappa shape index (κ3) is 2.75. The largest absolute Gasteiger partial charge is 0.0776 e. The van der Waals surface area contributed by atoms with Crippen molar-refractivity contribution in [2.24, 2.45) is 0 Å². The van der Waals surface area contributed by atoms with Crippen molar-refractivity contribution >= 4 is 0 Å². The van der Waals surface area contributed by atoms with Gasteiger partial charge in [-0.3, -0.25) is 0 Å². The zero-order valence-electron chi connectivity index (χ0n) is 6.72. The second-order valence-electron chi connectivity index (χ2n) is 2.53. The van der Waals surface area contributed by atoms with Crippen LogP contribution in [0.25, 0.3) is 0 Å². The third-order valence-corrected chi connectivity index (χ3v) is 1.81. The summed E-state index contributed by atoms with van der Waals surface area (Å²) >= 11 is 0. The molecule has 0 N–H and O–H groups in total. The van der Waals surface area contributed by atoms with E-state index < -0.39 is 0 Å². The van der Waals surface area contributed by atoms with Gasteiger partial charge in [0.15, 0.2) is 0 Å². The average Bonchev–Trinajstić information content (AvgIpc) is 2.05. The summed E-state index contributed by atoms with van der Waals surface area (Å²) in [6.07, 6.45) is 2.29. The molecule has 0 saturated heterocycles. The van der Waals surface area contributed by atoms with Crippen molar-refractivity contribution in [1.82, 2.24) is 0 Å². The van der Waals surface area contributed by atoms with Gasteiger partial charge in [0.25, 0.3) is 0 Å². The maximum Gasteiger partial charge on any atom is -0.0307 e. The number of hydrogen-bond donors (Lipinski definition) is 0. The molecule has 0 heteroatoms. The van der Waals surface area contributed by atoms with E-state index in [1.807, 2.05) is 0 Å². The van der Waals surface area contributed by atoms with Crippen molar-refractivity contribution in [3.05, 3.63) is 35.4 Å². The minimum atomic E-state index is 0. The minimum Gasteiger partial charge on any atom is -0.0776 e. The Bertz CT molecular complexity index is 182. The van der Waals surface area contributed by atoms with Gasteiger partial charge in [-0.05, 0) is 24.0 Å². The summed E-state index contributed by atoms with van der Waals surface area (Å²) in [6, 6.07) is 8.77. The Kier molecular flexibility index (Phi) is 4.60. The van der Waals surface area contributed by atoms with E-state index in [1.54, 1.807) is 0 Å². The molecule has 0 aromatic heterocycles. The van der Waals surface area contributed by atoms with Crippen LogP contribution in [-0.2, 0) is 12.8 Å². The molecule has 0 bridgehead atoms. The van der Waals surface area contributed by atoms with Crippen molar-refractivity contribution in [3.63, 3.8) is 0 Å². The minimum absolute atomic E-state index is 0. The molecule has 62 valence electrons. The monoisotopic (exact) mass is 150 g/mol. The number of rotatable bonds is 2. The highest BCUT2D eigenvalue weighted by Gasteiger charge is 1.89. The molecule has 1 rings (SSSR count). The van der Waals surface area contributed by atoms with Crippen LogP contribution in [0.2, 0.25) is 0 Å². The van der Waals surface area contributed by atoms with Crippen LogP contribution in [-0.4, -0.2) is 0 Å². The van der Waals surface area contributed by atoms with Crippen LogP contribution in [0.5, 0.6) is 0 Å². The van der Waals surface area contributed by atoms with Crippen molar-refractivity contribution in [2.45, 2.75) is 34.1 Å². The van der Waals surface area contributed by atoms with E-state index in [0.29, 0.717) is 0 Å². The quantitative estimate of drug-likeness (QED) is 0.605. The van der Waals surface area contributed by atoms with Crippen molar-refractivity contribution in [3.8, 4) is 0 Å². The maximum atomic E-state index is 2.28. The highest BCUT2D eigenvalue weighted by Crippen LogP contribution is 2.05. The van der Waals surface area contributed by atoms with E-state index >= 15 is 0 Å². The Balaban J connectivity index is 0.000001000. The van der Waals surface area contributed by atoms with Crippen LogP contribution in [0.1, 0.15) is 32.4 Å². The average molecular weight is 150 g/mol. The predicted octanol–water partition coefficient (Wildman–Crippen LogP) is 3.45. The van der Waals surface area contributed by atoms with Gasteiger partial charge in [-0.1, -0.05) is 45.5 Å². The molecule has 0 unspecified atom stereocenters. The fourth-order valence-corrected chi connectivity index (χ4v) is 1.07. The summed E-state index contributed by atoms with van der Waals surface area (Å²) in [7, 11) is 0. The van der Waals surface area contributed by atoms with Crippen LogP contribution in [0.15, 0.2) is 24.3 Å². The molecule has 1 aromatic carbocycles. The zero-order chi connectivity index (χ0) is 7.40. The first-order chi connectivity index (χ1) is 4.86. The van der Waals surface area contributed by atoms with Gasteiger partial charge in [0.05, 0.1) is 0 Å². The fraction of sp³-hybridized carbons (Fsp3) is 0.455. The second-order valence-corrected chi connectivity index (χ2v) is 2.53. The Morgan fingerprint density at radius 1 is 1.00 bits per heavy atom. The molecular weight excluding hydrogens is 132 g/mol. The van der Waals surface area contributed by atoms with Crippen LogP contribution < -0.4 is 0 Å². The molecule has 0 spiro atoms. The standard InChI is InChI=1S/C10H14.CH4/c1-3-9-6-5-7-10(4-2)8-9;/h5-8H,3-4H2,1-2H3;1H4. The Morgan fingerprint density at radius 3 is 1.82 bits per heavy atom. The van der Waals surface area contributed by atoms with E-state index in [9.17, 15) is 0 Å². The molecular formula is C11H18. The van der Waals surface area contributed by atoms with Gasteiger partial charge in [0.1, 0.15) is 0 Å². The van der Waals surface area contributed by atoms with Crippen LogP contribution in [0.3, 0.4) is 0 Å². The van der Waals surface area contributed by atoms with Gasteiger partial charge in [-0.25, -0.2) is 0 Å². The summed E-state index contributed by atoms with van der Waals surface area (Å²) in [5, 5.41) is 0. The summed E-state index contributed by atoms with van der Waals surface area (Å²) in [6.45, 7) is 4.38. The number of benzene rings is 1. The van der Waals surface area contributed by atoms with Gasteiger partial charge in [0, 0.05) is 0 Å². The molecule has 0 heterocycles. The lowest BCUT2D eigenvalue weighted by atomic mass is 10.1. The normalized spacial score (nSPS) is 8.91. The maximum absolute atomic E-state index is 2.28. The summed E-state index contributed by atoms with van der Waals surface area (Å²) in [5.74, 6) is 0. The molecule has 0 nitrogen and oxygen atoms in total. The van der Waals surface area contributed by atoms with E-state index in [1.165, 1.54) is 11.1 Å². The molecule has 0 aliphatic heterocycles. The van der Waals surface area contributed by atoms with E-state index in [-0.39, 0.29) is 7.43 Å². The Labute approximate surface area is 70.3 Å². The molecule has 0 aliphatic carbocycles. The predicted molar refractivity (Wildman–Crippen MR) is 51.9 cm³/mol. The summed E-state index contributed by atoms with van der Waals surface area (Å²) in [5.41, 5.74) is 2.89. The number of hydrogen-bond acceptors (Lipinski definition) is 0. The molecule has 0 aliphatic rings. The van der Waals surface area contributed by atoms with Gasteiger partial charge in [-0.2, -0.15) is 0 Å². The van der Waals surface area contributed by atoms with Crippen LogP contribution in [0.4, 0.5) is 0 Å². The van der Waals surface area contributed by atoms with Gasteiger partial charge in [0.2, 0.25) is 0 Å². The number of aryl methyl sites for hydroxylation is 2. The van der Waals surface area contributed by atoms with E-state index in [2.05, 4.69) is 38.1 Å². The lowest BCUT2D eigenvalue weighted by Gasteiger charge is -1.98. The molecule has 0 saturated carbocycles. The second kappa shape index (κ2) is 4.95. The topological polar surface area (TPSA) is 0 Å².